The number of allylic oxidation sites excluding steroid dienone is 1. The summed E-state index contributed by atoms with van der Waals surface area (Å²) in [5, 5.41) is 14.5. The summed E-state index contributed by atoms with van der Waals surface area (Å²) in [5.74, 6) is -3.05. The van der Waals surface area contributed by atoms with Crippen molar-refractivity contribution in [1.29, 1.82) is 0 Å². The number of nitrogens with one attached hydrogen (secondary N) is 1. The lowest BCUT2D eigenvalue weighted by atomic mass is 9.70. The molecule has 7 nitrogen and oxygen atoms in total. The number of amides is 2. The fourth-order valence-corrected chi connectivity index (χ4v) is 5.02. The minimum Gasteiger partial charge on any atom is -0.466 e. The molecule has 1 fully saturated rings. The summed E-state index contributed by atoms with van der Waals surface area (Å²) in [7, 11) is 0. The third-order valence-corrected chi connectivity index (χ3v) is 6.46. The molecule has 7 heteroatoms. The smallest absolute Gasteiger partial charge is 0.310 e. The van der Waals surface area contributed by atoms with Crippen LogP contribution in [0.25, 0.3) is 10.8 Å². The fraction of sp³-hybridized carbons (Fsp3) is 0.400. The number of rotatable bonds is 6. The molecule has 1 aliphatic carbocycles. The Morgan fingerprint density at radius 3 is 2.59 bits per heavy atom. The highest BCUT2D eigenvalue weighted by atomic mass is 16.5. The molecule has 1 saturated heterocycles. The van der Waals surface area contributed by atoms with E-state index >= 15 is 0 Å². The normalized spacial score (nSPS) is 26.8. The van der Waals surface area contributed by atoms with Crippen LogP contribution in [0.4, 0.5) is 5.69 Å². The van der Waals surface area contributed by atoms with Gasteiger partial charge in [-0.25, -0.2) is 0 Å². The van der Waals surface area contributed by atoms with Crippen LogP contribution in [0.1, 0.15) is 13.8 Å². The van der Waals surface area contributed by atoms with Crippen molar-refractivity contribution in [2.24, 2.45) is 23.7 Å². The van der Waals surface area contributed by atoms with Gasteiger partial charge in [-0.05, 0) is 35.7 Å². The molecule has 2 aromatic rings. The maximum absolute atomic E-state index is 13.4. The molecule has 1 heterocycles. The van der Waals surface area contributed by atoms with Gasteiger partial charge in [-0.3, -0.25) is 14.4 Å². The summed E-state index contributed by atoms with van der Waals surface area (Å²) in [6, 6.07) is 12.7. The lowest BCUT2D eigenvalue weighted by Gasteiger charge is -2.32. The van der Waals surface area contributed by atoms with Gasteiger partial charge < -0.3 is 20.1 Å². The highest BCUT2D eigenvalue weighted by Crippen LogP contribution is 2.44. The average molecular weight is 437 g/mol. The van der Waals surface area contributed by atoms with Crippen LogP contribution in [0, 0.1) is 23.7 Å². The minimum absolute atomic E-state index is 0.0272. The van der Waals surface area contributed by atoms with Gasteiger partial charge in [0.05, 0.1) is 25.0 Å². The maximum Gasteiger partial charge on any atom is 0.310 e. The largest absolute Gasteiger partial charge is 0.466 e. The summed E-state index contributed by atoms with van der Waals surface area (Å²) >= 11 is 0. The Balaban J connectivity index is 1.64. The van der Waals surface area contributed by atoms with Crippen molar-refractivity contribution in [3.63, 3.8) is 0 Å². The third kappa shape index (κ3) is 3.88. The zero-order valence-corrected chi connectivity index (χ0v) is 18.2. The van der Waals surface area contributed by atoms with Gasteiger partial charge in [-0.15, -0.1) is 0 Å². The Morgan fingerprint density at radius 1 is 1.12 bits per heavy atom. The molecule has 5 atom stereocenters. The van der Waals surface area contributed by atoms with E-state index in [0.717, 1.165) is 10.8 Å². The van der Waals surface area contributed by atoms with Gasteiger partial charge in [0, 0.05) is 18.2 Å². The average Bonchev–Trinajstić information content (AvgIpc) is 3.06. The van der Waals surface area contributed by atoms with Crippen molar-refractivity contribution < 1.29 is 24.2 Å². The van der Waals surface area contributed by atoms with E-state index in [0.29, 0.717) is 5.69 Å². The molecule has 32 heavy (non-hydrogen) atoms. The van der Waals surface area contributed by atoms with Crippen molar-refractivity contribution in [3.05, 3.63) is 54.6 Å². The second-order valence-corrected chi connectivity index (χ2v) is 8.38. The zero-order chi connectivity index (χ0) is 22.8. The van der Waals surface area contributed by atoms with Gasteiger partial charge in [0.1, 0.15) is 6.04 Å². The predicted octanol–water partition coefficient (Wildman–Crippen LogP) is 2.60. The number of aliphatic hydroxyl groups is 1. The number of carbonyl (C=O) groups excluding carboxylic acids is 3. The molecule has 2 N–H and O–H groups in total. The topological polar surface area (TPSA) is 95.9 Å². The molecular weight excluding hydrogens is 408 g/mol. The minimum atomic E-state index is -0.813. The highest BCUT2D eigenvalue weighted by molar-refractivity contribution is 6.02. The van der Waals surface area contributed by atoms with Gasteiger partial charge in [0.25, 0.3) is 0 Å². The first-order valence-corrected chi connectivity index (χ1v) is 11.0. The van der Waals surface area contributed by atoms with E-state index < -0.39 is 29.8 Å². The highest BCUT2D eigenvalue weighted by Gasteiger charge is 2.56. The molecule has 0 bridgehead atoms. The summed E-state index contributed by atoms with van der Waals surface area (Å²) in [4.78, 5) is 40.8. The van der Waals surface area contributed by atoms with Crippen LogP contribution >= 0.6 is 0 Å². The van der Waals surface area contributed by atoms with Crippen LogP contribution in [-0.4, -0.2) is 53.6 Å². The van der Waals surface area contributed by atoms with Gasteiger partial charge in [-0.2, -0.15) is 0 Å². The van der Waals surface area contributed by atoms with Crippen molar-refractivity contribution in [2.45, 2.75) is 19.9 Å². The monoisotopic (exact) mass is 436 g/mol. The Labute approximate surface area is 187 Å². The summed E-state index contributed by atoms with van der Waals surface area (Å²) < 4.78 is 5.24. The molecule has 0 unspecified atom stereocenters. The number of fused-ring (bicyclic) bond motifs is 2. The molecule has 0 radical (unpaired) electrons. The van der Waals surface area contributed by atoms with Crippen LogP contribution in [-0.2, 0) is 19.1 Å². The summed E-state index contributed by atoms with van der Waals surface area (Å²) in [6.07, 6.45) is 3.75. The van der Waals surface area contributed by atoms with Crippen molar-refractivity contribution in [2.75, 3.05) is 25.1 Å². The van der Waals surface area contributed by atoms with Crippen LogP contribution in [0.2, 0.25) is 0 Å². The van der Waals surface area contributed by atoms with E-state index in [2.05, 4.69) is 5.32 Å². The number of ether oxygens (including phenoxy) is 1. The Hall–Kier alpha value is -3.19. The van der Waals surface area contributed by atoms with E-state index in [1.807, 2.05) is 61.5 Å². The van der Waals surface area contributed by atoms with Gasteiger partial charge in [-0.1, -0.05) is 49.4 Å². The molecule has 4 rings (SSSR count). The molecule has 0 aromatic heterocycles. The Morgan fingerprint density at radius 2 is 1.88 bits per heavy atom. The van der Waals surface area contributed by atoms with Crippen LogP contribution in [0.5, 0.6) is 0 Å². The number of esters is 1. The van der Waals surface area contributed by atoms with Crippen LogP contribution in [0.15, 0.2) is 54.6 Å². The second-order valence-electron chi connectivity index (χ2n) is 8.38. The van der Waals surface area contributed by atoms with E-state index in [-0.39, 0.29) is 37.5 Å². The molecule has 2 amide bonds. The molecular formula is C25H28N2O5. The number of hydrogen-bond acceptors (Lipinski definition) is 5. The van der Waals surface area contributed by atoms with E-state index in [4.69, 9.17) is 4.74 Å². The Bertz CT molecular complexity index is 1070. The first-order valence-electron chi connectivity index (χ1n) is 11.0. The van der Waals surface area contributed by atoms with Crippen LogP contribution < -0.4 is 5.32 Å². The van der Waals surface area contributed by atoms with Crippen molar-refractivity contribution in [3.8, 4) is 0 Å². The van der Waals surface area contributed by atoms with E-state index in [1.54, 1.807) is 6.92 Å². The third-order valence-electron chi connectivity index (χ3n) is 6.46. The number of anilines is 1. The number of aliphatic hydroxyl groups excluding tert-OH is 1. The van der Waals surface area contributed by atoms with Crippen molar-refractivity contribution >= 4 is 34.2 Å². The molecule has 2 aromatic carbocycles. The second kappa shape index (κ2) is 9.12. The van der Waals surface area contributed by atoms with Crippen molar-refractivity contribution in [1.82, 2.24) is 4.90 Å². The Kier molecular flexibility index (Phi) is 6.28. The first kappa shape index (κ1) is 22.0. The van der Waals surface area contributed by atoms with Gasteiger partial charge in [0.15, 0.2) is 0 Å². The van der Waals surface area contributed by atoms with E-state index in [9.17, 15) is 19.5 Å². The zero-order valence-electron chi connectivity index (χ0n) is 18.2. The number of carbonyl (C=O) groups is 3. The number of likely N-dealkylation sites (tertiary alicyclic amines) is 1. The molecule has 2 aliphatic rings. The number of benzene rings is 2. The molecule has 1 aliphatic heterocycles. The lowest BCUT2D eigenvalue weighted by molar-refractivity contribution is -0.155. The SMILES string of the molecule is CCOC(=O)[C@H]1[C@@H]2C(=O)N(CCO)[C@H](C(=O)Nc3ccc4ccccc4c3)[C@H]2C=C[C@H]1C. The summed E-state index contributed by atoms with van der Waals surface area (Å²) in [6.45, 7) is 3.59. The van der Waals surface area contributed by atoms with Gasteiger partial charge in [0.2, 0.25) is 11.8 Å². The first-order chi connectivity index (χ1) is 15.5. The standard InChI is InChI=1S/C25H28N2O5/c1-3-32-25(31)20-15(2)8-11-19-21(20)24(30)27(12-13-28)22(19)23(29)26-18-10-9-16-6-4-5-7-17(16)14-18/h4-11,14-15,19-22,28H,3,12-13H2,1-2H3,(H,26,29)/t15-,19+,20-,21-,22+/m1/s1. The van der Waals surface area contributed by atoms with Gasteiger partial charge >= 0.3 is 5.97 Å². The van der Waals surface area contributed by atoms with E-state index in [1.165, 1.54) is 4.90 Å². The molecule has 168 valence electrons. The maximum atomic E-state index is 13.4. The lowest BCUT2D eigenvalue weighted by Crippen LogP contribution is -2.45. The number of β-amino-alcohol motifs (C(OH)–C–C–N with tert-alkyl or cyclic N) is 1. The number of nitrogens with zero attached hydrogens (tertiary/aromatic N) is 1. The fourth-order valence-electron chi connectivity index (χ4n) is 5.02. The molecule has 0 spiro atoms. The number of hydrogen-bond donors (Lipinski definition) is 2. The predicted molar refractivity (Wildman–Crippen MR) is 121 cm³/mol. The molecule has 0 saturated carbocycles. The summed E-state index contributed by atoms with van der Waals surface area (Å²) in [5.41, 5.74) is 0.628. The quantitative estimate of drug-likeness (QED) is 0.536. The van der Waals surface area contributed by atoms with Crippen LogP contribution in [0.3, 0.4) is 0 Å².